The van der Waals surface area contributed by atoms with Gasteiger partial charge in [-0.1, -0.05) is 70.8 Å². The summed E-state index contributed by atoms with van der Waals surface area (Å²) in [6.45, 7) is 13.8. The molecule has 2 aromatic rings. The van der Waals surface area contributed by atoms with Gasteiger partial charge in [0.05, 0.1) is 12.2 Å². The molecule has 1 aromatic heterocycles. The van der Waals surface area contributed by atoms with Crippen LogP contribution in [0.15, 0.2) is 24.3 Å². The maximum absolute atomic E-state index is 6.32. The molecule has 2 rings (SSSR count). The van der Waals surface area contributed by atoms with E-state index in [2.05, 4.69) is 52.3 Å². The minimum absolute atomic E-state index is 0.0229. The maximum Gasteiger partial charge on any atom is 0.0681 e. The Hall–Kier alpha value is -0.990. The predicted molar refractivity (Wildman–Crippen MR) is 95.2 cm³/mol. The SMILES string of the molecule is CC(C)(C)c1cc(C(C)(C)C)n(Cc2ccc(Cl)cc2Cl)n1. The van der Waals surface area contributed by atoms with Gasteiger partial charge in [-0.25, -0.2) is 0 Å². The molecule has 120 valence electrons. The molecule has 0 saturated heterocycles. The van der Waals surface area contributed by atoms with Gasteiger partial charge in [0, 0.05) is 26.6 Å². The van der Waals surface area contributed by atoms with E-state index in [4.69, 9.17) is 28.3 Å². The van der Waals surface area contributed by atoms with Crippen LogP contribution in [-0.4, -0.2) is 9.78 Å². The molecule has 2 nitrogen and oxygen atoms in total. The normalized spacial score (nSPS) is 12.7. The molecule has 0 aliphatic heterocycles. The van der Waals surface area contributed by atoms with Crippen LogP contribution in [-0.2, 0) is 17.4 Å². The molecule has 1 heterocycles. The number of hydrogen-bond donors (Lipinski definition) is 0. The lowest BCUT2D eigenvalue weighted by atomic mass is 9.88. The molecule has 22 heavy (non-hydrogen) atoms. The van der Waals surface area contributed by atoms with Crippen LogP contribution in [0.5, 0.6) is 0 Å². The number of rotatable bonds is 2. The van der Waals surface area contributed by atoms with Crippen LogP contribution in [0.25, 0.3) is 0 Å². The Morgan fingerprint density at radius 3 is 2.09 bits per heavy atom. The molecule has 0 fully saturated rings. The fraction of sp³-hybridized carbons (Fsp3) is 0.500. The number of nitrogens with zero attached hydrogens (tertiary/aromatic N) is 2. The van der Waals surface area contributed by atoms with E-state index in [1.807, 2.05) is 12.1 Å². The molecular formula is C18H24Cl2N2. The van der Waals surface area contributed by atoms with Crippen molar-refractivity contribution < 1.29 is 0 Å². The number of aromatic nitrogens is 2. The highest BCUT2D eigenvalue weighted by Gasteiger charge is 2.26. The number of halogens is 2. The summed E-state index contributed by atoms with van der Waals surface area (Å²) in [5.41, 5.74) is 3.39. The van der Waals surface area contributed by atoms with E-state index in [0.29, 0.717) is 16.6 Å². The van der Waals surface area contributed by atoms with Gasteiger partial charge in [-0.05, 0) is 23.8 Å². The highest BCUT2D eigenvalue weighted by Crippen LogP contribution is 2.30. The van der Waals surface area contributed by atoms with E-state index in [-0.39, 0.29) is 10.8 Å². The van der Waals surface area contributed by atoms with Crippen LogP contribution < -0.4 is 0 Å². The second-order valence-electron chi connectivity index (χ2n) is 7.81. The van der Waals surface area contributed by atoms with E-state index >= 15 is 0 Å². The van der Waals surface area contributed by atoms with Crippen LogP contribution >= 0.6 is 23.2 Å². The third kappa shape index (κ3) is 3.85. The predicted octanol–water partition coefficient (Wildman–Crippen LogP) is 5.83. The molecule has 0 bridgehead atoms. The standard InChI is InChI=1S/C18H24Cl2N2/c1-17(2,3)15-10-16(18(4,5)6)22(21-15)11-12-7-8-13(19)9-14(12)20/h7-10H,11H2,1-6H3. The molecule has 0 N–H and O–H groups in total. The topological polar surface area (TPSA) is 17.8 Å². The highest BCUT2D eigenvalue weighted by atomic mass is 35.5. The van der Waals surface area contributed by atoms with E-state index in [1.54, 1.807) is 6.07 Å². The van der Waals surface area contributed by atoms with E-state index in [1.165, 1.54) is 5.69 Å². The van der Waals surface area contributed by atoms with Crippen molar-refractivity contribution >= 4 is 23.2 Å². The van der Waals surface area contributed by atoms with Gasteiger partial charge in [-0.3, -0.25) is 4.68 Å². The molecule has 0 unspecified atom stereocenters. The molecule has 0 spiro atoms. The van der Waals surface area contributed by atoms with Gasteiger partial charge in [0.2, 0.25) is 0 Å². The molecule has 0 atom stereocenters. The van der Waals surface area contributed by atoms with Gasteiger partial charge in [0.1, 0.15) is 0 Å². The minimum atomic E-state index is 0.0229. The smallest absolute Gasteiger partial charge is 0.0681 e. The van der Waals surface area contributed by atoms with E-state index in [0.717, 1.165) is 11.3 Å². The lowest BCUT2D eigenvalue weighted by molar-refractivity contribution is 0.496. The van der Waals surface area contributed by atoms with Crippen molar-refractivity contribution in [3.05, 3.63) is 51.3 Å². The molecule has 0 aliphatic carbocycles. The maximum atomic E-state index is 6.32. The van der Waals surface area contributed by atoms with E-state index in [9.17, 15) is 0 Å². The Morgan fingerprint density at radius 2 is 1.59 bits per heavy atom. The van der Waals surface area contributed by atoms with E-state index < -0.39 is 0 Å². The van der Waals surface area contributed by atoms with Crippen molar-refractivity contribution in [1.29, 1.82) is 0 Å². The van der Waals surface area contributed by atoms with Gasteiger partial charge >= 0.3 is 0 Å². The molecule has 0 amide bonds. The summed E-state index contributed by atoms with van der Waals surface area (Å²) < 4.78 is 2.07. The van der Waals surface area contributed by atoms with Crippen LogP contribution in [0.4, 0.5) is 0 Å². The summed E-state index contributed by atoms with van der Waals surface area (Å²) in [7, 11) is 0. The van der Waals surface area contributed by atoms with Gasteiger partial charge in [-0.2, -0.15) is 5.10 Å². The third-order valence-electron chi connectivity index (χ3n) is 3.65. The van der Waals surface area contributed by atoms with Crippen molar-refractivity contribution in [3.63, 3.8) is 0 Å². The first-order valence-electron chi connectivity index (χ1n) is 7.51. The first kappa shape index (κ1) is 17.4. The lowest BCUT2D eigenvalue weighted by Crippen LogP contribution is -2.19. The lowest BCUT2D eigenvalue weighted by Gasteiger charge is -2.20. The van der Waals surface area contributed by atoms with Crippen molar-refractivity contribution in [2.75, 3.05) is 0 Å². The highest BCUT2D eigenvalue weighted by molar-refractivity contribution is 6.35. The summed E-state index contributed by atoms with van der Waals surface area (Å²) in [6, 6.07) is 7.83. The zero-order valence-electron chi connectivity index (χ0n) is 14.2. The zero-order chi connectivity index (χ0) is 16.7. The Balaban J connectivity index is 2.47. The fourth-order valence-electron chi connectivity index (χ4n) is 2.32. The Bertz CT molecular complexity index is 673. The van der Waals surface area contributed by atoms with Crippen molar-refractivity contribution in [2.45, 2.75) is 58.9 Å². The first-order valence-corrected chi connectivity index (χ1v) is 8.27. The van der Waals surface area contributed by atoms with Crippen LogP contribution in [0.2, 0.25) is 10.0 Å². The van der Waals surface area contributed by atoms with Gasteiger partial charge in [0.25, 0.3) is 0 Å². The fourth-order valence-corrected chi connectivity index (χ4v) is 2.79. The van der Waals surface area contributed by atoms with Crippen molar-refractivity contribution in [3.8, 4) is 0 Å². The van der Waals surface area contributed by atoms with Crippen LogP contribution in [0.3, 0.4) is 0 Å². The van der Waals surface area contributed by atoms with Crippen molar-refractivity contribution in [2.24, 2.45) is 0 Å². The number of benzene rings is 1. The minimum Gasteiger partial charge on any atom is -0.264 e. The Morgan fingerprint density at radius 1 is 0.955 bits per heavy atom. The summed E-state index contributed by atoms with van der Waals surface area (Å²) in [4.78, 5) is 0. The molecule has 0 saturated carbocycles. The summed E-state index contributed by atoms with van der Waals surface area (Å²) in [6.07, 6.45) is 0. The van der Waals surface area contributed by atoms with Crippen LogP contribution in [0, 0.1) is 0 Å². The third-order valence-corrected chi connectivity index (χ3v) is 4.24. The van der Waals surface area contributed by atoms with Crippen LogP contribution in [0.1, 0.15) is 58.5 Å². The molecule has 0 aliphatic rings. The summed E-state index contributed by atoms with van der Waals surface area (Å²) >= 11 is 12.3. The Kier molecular flexibility index (Phi) is 4.66. The van der Waals surface area contributed by atoms with Gasteiger partial charge < -0.3 is 0 Å². The van der Waals surface area contributed by atoms with Gasteiger partial charge in [-0.15, -0.1) is 0 Å². The second kappa shape index (κ2) is 5.90. The first-order chi connectivity index (χ1) is 9.98. The second-order valence-corrected chi connectivity index (χ2v) is 8.65. The Labute approximate surface area is 143 Å². The zero-order valence-corrected chi connectivity index (χ0v) is 15.7. The monoisotopic (exact) mass is 338 g/mol. The van der Waals surface area contributed by atoms with Gasteiger partial charge in [0.15, 0.2) is 0 Å². The molecule has 4 heteroatoms. The molecular weight excluding hydrogens is 315 g/mol. The molecule has 0 radical (unpaired) electrons. The largest absolute Gasteiger partial charge is 0.264 e. The molecule has 1 aromatic carbocycles. The average molecular weight is 339 g/mol. The number of hydrogen-bond acceptors (Lipinski definition) is 1. The average Bonchev–Trinajstić information content (AvgIpc) is 2.76. The quantitative estimate of drug-likeness (QED) is 0.673. The van der Waals surface area contributed by atoms with Crippen molar-refractivity contribution in [1.82, 2.24) is 9.78 Å². The summed E-state index contributed by atoms with van der Waals surface area (Å²) in [5.74, 6) is 0. The summed E-state index contributed by atoms with van der Waals surface area (Å²) in [5, 5.41) is 6.17.